The first-order valence-corrected chi connectivity index (χ1v) is 3.60. The molecule has 0 aliphatic heterocycles. The maximum absolute atomic E-state index is 12.9. The van der Waals surface area contributed by atoms with Crippen molar-refractivity contribution in [3.63, 3.8) is 0 Å². The summed E-state index contributed by atoms with van der Waals surface area (Å²) < 4.78 is 25.8. The van der Waals surface area contributed by atoms with Crippen molar-refractivity contribution in [2.24, 2.45) is 11.1 Å². The smallest absolute Gasteiger partial charge is 0.254 e. The Hall–Kier alpha value is -0.180. The molecule has 0 heterocycles. The van der Waals surface area contributed by atoms with Crippen LogP contribution in [-0.2, 0) is 0 Å². The summed E-state index contributed by atoms with van der Waals surface area (Å²) in [7, 11) is 0. The van der Waals surface area contributed by atoms with Crippen LogP contribution in [0.3, 0.4) is 0 Å². The highest BCUT2D eigenvalue weighted by Crippen LogP contribution is 2.49. The number of halogens is 2. The molecule has 1 aliphatic rings. The third-order valence-electron chi connectivity index (χ3n) is 2.55. The molecule has 1 atom stereocenters. The van der Waals surface area contributed by atoms with E-state index in [4.69, 9.17) is 5.73 Å². The van der Waals surface area contributed by atoms with Gasteiger partial charge in [0.2, 0.25) is 0 Å². The molecular formula is C7H13F2N. The molecule has 1 aliphatic carbocycles. The van der Waals surface area contributed by atoms with Crippen molar-refractivity contribution in [2.75, 3.05) is 6.54 Å². The maximum Gasteiger partial charge on any atom is 0.254 e. The Morgan fingerprint density at radius 2 is 2.00 bits per heavy atom. The van der Waals surface area contributed by atoms with E-state index < -0.39 is 11.3 Å². The summed E-state index contributed by atoms with van der Waals surface area (Å²) in [6, 6.07) is 0. The lowest BCUT2D eigenvalue weighted by Crippen LogP contribution is -2.39. The maximum atomic E-state index is 12.9. The molecule has 1 rings (SSSR count). The standard InChI is InChI=1S/C7H13F2N/c1-6(5-10)3-2-4-7(6,8)9/h2-5,10H2,1H3/t6-/m0/s1. The van der Waals surface area contributed by atoms with E-state index in [1.54, 1.807) is 6.92 Å². The largest absolute Gasteiger partial charge is 0.330 e. The number of hydrogen-bond donors (Lipinski definition) is 1. The van der Waals surface area contributed by atoms with E-state index in [2.05, 4.69) is 0 Å². The number of rotatable bonds is 1. The van der Waals surface area contributed by atoms with Crippen molar-refractivity contribution >= 4 is 0 Å². The summed E-state index contributed by atoms with van der Waals surface area (Å²) in [5.74, 6) is -2.53. The number of alkyl halides is 2. The van der Waals surface area contributed by atoms with E-state index in [1.165, 1.54) is 0 Å². The average molecular weight is 149 g/mol. The molecule has 0 spiro atoms. The van der Waals surface area contributed by atoms with Gasteiger partial charge in [-0.1, -0.05) is 6.92 Å². The lowest BCUT2D eigenvalue weighted by molar-refractivity contribution is -0.0847. The summed E-state index contributed by atoms with van der Waals surface area (Å²) in [4.78, 5) is 0. The number of nitrogens with two attached hydrogens (primary N) is 1. The lowest BCUT2D eigenvalue weighted by Gasteiger charge is -2.29. The molecule has 0 unspecified atom stereocenters. The molecule has 0 aromatic rings. The van der Waals surface area contributed by atoms with Gasteiger partial charge in [-0.05, 0) is 12.8 Å². The third kappa shape index (κ3) is 0.926. The fourth-order valence-electron chi connectivity index (χ4n) is 1.44. The first-order valence-electron chi connectivity index (χ1n) is 3.60. The quantitative estimate of drug-likeness (QED) is 0.604. The van der Waals surface area contributed by atoms with Gasteiger partial charge in [-0.2, -0.15) is 0 Å². The highest BCUT2D eigenvalue weighted by atomic mass is 19.3. The molecule has 1 nitrogen and oxygen atoms in total. The monoisotopic (exact) mass is 149 g/mol. The Balaban J connectivity index is 2.76. The van der Waals surface area contributed by atoms with Crippen LogP contribution in [0.25, 0.3) is 0 Å². The van der Waals surface area contributed by atoms with Crippen molar-refractivity contribution in [2.45, 2.75) is 32.1 Å². The summed E-state index contributed by atoms with van der Waals surface area (Å²) in [5.41, 5.74) is 4.34. The van der Waals surface area contributed by atoms with Gasteiger partial charge in [0.25, 0.3) is 5.92 Å². The van der Waals surface area contributed by atoms with Gasteiger partial charge in [-0.3, -0.25) is 0 Å². The van der Waals surface area contributed by atoms with Gasteiger partial charge in [0.15, 0.2) is 0 Å². The van der Waals surface area contributed by atoms with Crippen LogP contribution in [0.15, 0.2) is 0 Å². The van der Waals surface area contributed by atoms with Crippen LogP contribution in [0.1, 0.15) is 26.2 Å². The van der Waals surface area contributed by atoms with Crippen LogP contribution in [0.5, 0.6) is 0 Å². The Bertz CT molecular complexity index is 136. The first-order chi connectivity index (χ1) is 4.52. The molecule has 3 heteroatoms. The van der Waals surface area contributed by atoms with Crippen molar-refractivity contribution in [3.8, 4) is 0 Å². The second-order valence-electron chi connectivity index (χ2n) is 3.32. The zero-order valence-electron chi connectivity index (χ0n) is 6.16. The summed E-state index contributed by atoms with van der Waals surface area (Å²) in [6.45, 7) is 1.67. The van der Waals surface area contributed by atoms with Crippen LogP contribution >= 0.6 is 0 Å². The van der Waals surface area contributed by atoms with Crippen molar-refractivity contribution in [1.82, 2.24) is 0 Å². The van der Waals surface area contributed by atoms with Gasteiger partial charge in [-0.25, -0.2) is 8.78 Å². The Labute approximate surface area is 59.6 Å². The molecule has 1 fully saturated rings. The molecule has 1 saturated carbocycles. The van der Waals surface area contributed by atoms with E-state index >= 15 is 0 Å². The fraction of sp³-hybridized carbons (Fsp3) is 1.00. The molecule has 0 bridgehead atoms. The second kappa shape index (κ2) is 2.16. The molecule has 0 saturated heterocycles. The second-order valence-corrected chi connectivity index (χ2v) is 3.32. The van der Waals surface area contributed by atoms with Crippen molar-refractivity contribution in [1.29, 1.82) is 0 Å². The van der Waals surface area contributed by atoms with Gasteiger partial charge in [0, 0.05) is 18.4 Å². The molecule has 0 aromatic carbocycles. The minimum Gasteiger partial charge on any atom is -0.330 e. The average Bonchev–Trinajstić information content (AvgIpc) is 2.10. The molecule has 0 amide bonds. The van der Waals surface area contributed by atoms with Crippen LogP contribution in [0.2, 0.25) is 0 Å². The minimum absolute atomic E-state index is 0.0146. The fourth-order valence-corrected chi connectivity index (χ4v) is 1.44. The molecule has 2 N–H and O–H groups in total. The summed E-state index contributed by atoms with van der Waals surface area (Å²) in [5, 5.41) is 0. The molecule has 60 valence electrons. The molecular weight excluding hydrogens is 136 g/mol. The molecule has 0 aromatic heterocycles. The van der Waals surface area contributed by atoms with Crippen LogP contribution in [-0.4, -0.2) is 12.5 Å². The topological polar surface area (TPSA) is 26.0 Å². The van der Waals surface area contributed by atoms with E-state index in [-0.39, 0.29) is 13.0 Å². The van der Waals surface area contributed by atoms with Gasteiger partial charge in [0.1, 0.15) is 0 Å². The van der Waals surface area contributed by atoms with Gasteiger partial charge in [0.05, 0.1) is 0 Å². The Morgan fingerprint density at radius 3 is 2.20 bits per heavy atom. The van der Waals surface area contributed by atoms with Crippen LogP contribution in [0, 0.1) is 5.41 Å². The summed E-state index contributed by atoms with van der Waals surface area (Å²) in [6.07, 6.45) is 1.19. The van der Waals surface area contributed by atoms with Crippen LogP contribution < -0.4 is 5.73 Å². The highest BCUT2D eigenvalue weighted by Gasteiger charge is 2.52. The Kier molecular flexibility index (Phi) is 1.71. The van der Waals surface area contributed by atoms with E-state index in [9.17, 15) is 8.78 Å². The number of hydrogen-bond acceptors (Lipinski definition) is 1. The molecule has 0 radical (unpaired) electrons. The van der Waals surface area contributed by atoms with E-state index in [0.717, 1.165) is 0 Å². The van der Waals surface area contributed by atoms with Crippen LogP contribution in [0.4, 0.5) is 8.78 Å². The minimum atomic E-state index is -2.53. The normalized spacial score (nSPS) is 38.4. The predicted octanol–water partition coefficient (Wildman–Crippen LogP) is 1.77. The zero-order valence-corrected chi connectivity index (χ0v) is 6.16. The zero-order chi connectivity index (χ0) is 7.83. The van der Waals surface area contributed by atoms with Crippen molar-refractivity contribution in [3.05, 3.63) is 0 Å². The van der Waals surface area contributed by atoms with Gasteiger partial charge in [-0.15, -0.1) is 0 Å². The van der Waals surface area contributed by atoms with E-state index in [0.29, 0.717) is 12.8 Å². The molecule has 10 heavy (non-hydrogen) atoms. The van der Waals surface area contributed by atoms with Gasteiger partial charge < -0.3 is 5.73 Å². The predicted molar refractivity (Wildman–Crippen MR) is 36.0 cm³/mol. The van der Waals surface area contributed by atoms with Gasteiger partial charge >= 0.3 is 0 Å². The third-order valence-corrected chi connectivity index (χ3v) is 2.55. The highest BCUT2D eigenvalue weighted by molar-refractivity contribution is 4.95. The first kappa shape index (κ1) is 7.92. The Morgan fingerprint density at radius 1 is 1.40 bits per heavy atom. The van der Waals surface area contributed by atoms with E-state index in [1.807, 2.05) is 0 Å². The summed E-state index contributed by atoms with van der Waals surface area (Å²) >= 11 is 0. The SMILES string of the molecule is C[C@@]1(CN)CCCC1(F)F. The lowest BCUT2D eigenvalue weighted by atomic mass is 9.86. The van der Waals surface area contributed by atoms with Crippen molar-refractivity contribution < 1.29 is 8.78 Å².